The predicted molar refractivity (Wildman–Crippen MR) is 283 cm³/mol. The SMILES string of the molecule is CCC(C)(C)C(=O)OCCOCC(=O)OC1(C)CCCCC1.CCC(C)(C)C(=O)OCCOCC(=O)OC1(CC)C2CC3CC(C2)CC1C3.CCC(C)C(=O)OCCOCC(=O)OC1(CC)C2CC3CC(C2)CC1C3. The molecule has 9 fully saturated rings. The molecule has 0 aliphatic heterocycles. The van der Waals surface area contributed by atoms with E-state index in [1.54, 1.807) is 0 Å². The summed E-state index contributed by atoms with van der Waals surface area (Å²) in [5.74, 6) is 3.87. The largest absolute Gasteiger partial charge is 0.463 e. The first-order chi connectivity index (χ1) is 35.6. The van der Waals surface area contributed by atoms with Crippen LogP contribution >= 0.6 is 0 Å². The van der Waals surface area contributed by atoms with Gasteiger partial charge in [-0.2, -0.15) is 0 Å². The normalized spacial score (nSPS) is 30.1. The Morgan fingerprint density at radius 2 is 0.800 bits per heavy atom. The molecule has 1 atom stereocenters. The Morgan fingerprint density at radius 3 is 1.12 bits per heavy atom. The summed E-state index contributed by atoms with van der Waals surface area (Å²) >= 11 is 0. The van der Waals surface area contributed by atoms with Gasteiger partial charge >= 0.3 is 35.8 Å². The van der Waals surface area contributed by atoms with Gasteiger partial charge in [0.05, 0.1) is 36.6 Å². The van der Waals surface area contributed by atoms with Crippen molar-refractivity contribution in [3.05, 3.63) is 0 Å². The highest BCUT2D eigenvalue weighted by molar-refractivity contribution is 5.76. The van der Waals surface area contributed by atoms with Crippen LogP contribution in [0.4, 0.5) is 0 Å². The Bertz CT molecular complexity index is 1790. The first-order valence-electron chi connectivity index (χ1n) is 29.5. The lowest BCUT2D eigenvalue weighted by Crippen LogP contribution is -2.59. The van der Waals surface area contributed by atoms with Gasteiger partial charge in [-0.1, -0.05) is 48.0 Å². The third-order valence-electron chi connectivity index (χ3n) is 19.0. The van der Waals surface area contributed by atoms with Crippen LogP contribution in [0.15, 0.2) is 0 Å². The fourth-order valence-corrected chi connectivity index (χ4v) is 13.8. The molecule has 9 rings (SSSR count). The van der Waals surface area contributed by atoms with Crippen molar-refractivity contribution in [2.75, 3.05) is 59.5 Å². The van der Waals surface area contributed by atoms with Crippen LogP contribution in [0.5, 0.6) is 0 Å². The first-order valence-corrected chi connectivity index (χ1v) is 29.5. The van der Waals surface area contributed by atoms with E-state index >= 15 is 0 Å². The molecule has 0 saturated heterocycles. The fourth-order valence-electron chi connectivity index (χ4n) is 13.8. The highest BCUT2D eigenvalue weighted by atomic mass is 16.6. The Morgan fingerprint density at radius 1 is 0.467 bits per heavy atom. The average molecular weight is 1060 g/mol. The van der Waals surface area contributed by atoms with E-state index in [0.29, 0.717) is 23.7 Å². The van der Waals surface area contributed by atoms with Gasteiger partial charge in [0.1, 0.15) is 56.4 Å². The highest BCUT2D eigenvalue weighted by Gasteiger charge is 2.60. The van der Waals surface area contributed by atoms with Crippen LogP contribution in [0.1, 0.15) is 205 Å². The van der Waals surface area contributed by atoms with Crippen molar-refractivity contribution in [3.63, 3.8) is 0 Å². The minimum Gasteiger partial charge on any atom is -0.463 e. The van der Waals surface area contributed by atoms with Crippen molar-refractivity contribution in [3.8, 4) is 0 Å². The molecule has 15 nitrogen and oxygen atoms in total. The molecule has 0 spiro atoms. The minimum absolute atomic E-state index is 0.0606. The second-order valence-corrected chi connectivity index (χ2v) is 25.0. The number of carbonyl (C=O) groups excluding carboxylic acids is 6. The van der Waals surface area contributed by atoms with Crippen molar-refractivity contribution in [2.45, 2.75) is 221 Å². The molecular formula is C60H100O15. The molecule has 430 valence electrons. The van der Waals surface area contributed by atoms with E-state index in [1.807, 2.05) is 62.3 Å². The van der Waals surface area contributed by atoms with Crippen LogP contribution in [0.3, 0.4) is 0 Å². The van der Waals surface area contributed by atoms with E-state index in [2.05, 4.69) is 13.8 Å². The Labute approximate surface area is 450 Å². The molecule has 0 aromatic rings. The lowest BCUT2D eigenvalue weighted by Gasteiger charge is -2.60. The summed E-state index contributed by atoms with van der Waals surface area (Å²) in [6.45, 7) is 22.4. The quantitative estimate of drug-likeness (QED) is 0.0452. The maximum absolute atomic E-state index is 12.4. The summed E-state index contributed by atoms with van der Waals surface area (Å²) in [4.78, 5) is 71.8. The van der Waals surface area contributed by atoms with Crippen LogP contribution in [0.25, 0.3) is 0 Å². The van der Waals surface area contributed by atoms with Gasteiger partial charge in [0.15, 0.2) is 0 Å². The lowest BCUT2D eigenvalue weighted by atomic mass is 9.49. The summed E-state index contributed by atoms with van der Waals surface area (Å²) in [5, 5.41) is 0. The number of carbonyl (C=O) groups is 6. The van der Waals surface area contributed by atoms with Gasteiger partial charge in [-0.3, -0.25) is 14.4 Å². The molecule has 9 saturated carbocycles. The smallest absolute Gasteiger partial charge is 0.332 e. The van der Waals surface area contributed by atoms with E-state index in [4.69, 9.17) is 42.6 Å². The van der Waals surface area contributed by atoms with E-state index in [-0.39, 0.29) is 118 Å². The maximum atomic E-state index is 12.4. The molecule has 75 heavy (non-hydrogen) atoms. The highest BCUT2D eigenvalue weighted by Crippen LogP contribution is 2.62. The third kappa shape index (κ3) is 17.1. The number of hydrogen-bond acceptors (Lipinski definition) is 15. The molecule has 1 unspecified atom stereocenters. The molecule has 9 aliphatic rings. The van der Waals surface area contributed by atoms with Gasteiger partial charge < -0.3 is 42.6 Å². The summed E-state index contributed by atoms with van der Waals surface area (Å²) in [5.41, 5.74) is -1.83. The van der Waals surface area contributed by atoms with Crippen LogP contribution < -0.4 is 0 Å². The zero-order chi connectivity index (χ0) is 55.0. The van der Waals surface area contributed by atoms with Gasteiger partial charge in [0.25, 0.3) is 0 Å². The van der Waals surface area contributed by atoms with Crippen LogP contribution in [0.2, 0.25) is 0 Å². The van der Waals surface area contributed by atoms with Crippen LogP contribution in [-0.2, 0) is 71.4 Å². The molecule has 0 heterocycles. The number of rotatable bonds is 26. The molecule has 9 aliphatic carbocycles. The number of ether oxygens (including phenoxy) is 9. The summed E-state index contributed by atoms with van der Waals surface area (Å²) in [6.07, 6.45) is 21.8. The van der Waals surface area contributed by atoms with Crippen molar-refractivity contribution in [1.29, 1.82) is 0 Å². The summed E-state index contributed by atoms with van der Waals surface area (Å²) in [6, 6.07) is 0. The minimum atomic E-state index is -0.480. The molecule has 8 bridgehead atoms. The Balaban J connectivity index is 0.000000209. The lowest BCUT2D eigenvalue weighted by molar-refractivity contribution is -0.214. The zero-order valence-electron chi connectivity index (χ0n) is 48.3. The number of esters is 6. The second-order valence-electron chi connectivity index (χ2n) is 25.0. The topological polar surface area (TPSA) is 185 Å². The van der Waals surface area contributed by atoms with Gasteiger partial charge in [-0.25, -0.2) is 14.4 Å². The Hall–Kier alpha value is -3.30. The summed E-state index contributed by atoms with van der Waals surface area (Å²) in [7, 11) is 0. The van der Waals surface area contributed by atoms with Gasteiger partial charge in [-0.15, -0.1) is 0 Å². The Kier molecular flexibility index (Phi) is 23.8. The van der Waals surface area contributed by atoms with E-state index < -0.39 is 10.8 Å². The predicted octanol–water partition coefficient (Wildman–Crippen LogP) is 11.1. The van der Waals surface area contributed by atoms with E-state index in [9.17, 15) is 28.8 Å². The van der Waals surface area contributed by atoms with Gasteiger partial charge in [-0.05, 0) is 204 Å². The monoisotopic (exact) mass is 1060 g/mol. The first kappa shape index (κ1) is 62.5. The molecule has 15 heteroatoms. The fraction of sp³-hybridized carbons (Fsp3) is 0.900. The van der Waals surface area contributed by atoms with Crippen molar-refractivity contribution >= 4 is 35.8 Å². The molecule has 0 aromatic heterocycles. The molecule has 0 aromatic carbocycles. The standard InChI is InChI=1S/C22H36O5.C21H34O5.C17H30O5/c1-5-21(3,4)20(24)26-8-7-25-14-19(23)27-22(6-2)17-10-15-9-16(12-17)13-18(22)11-15;1-4-14(3)20(23)25-7-6-24-13-19(22)26-21(5-2)17-9-15-8-16(11-17)12-18(21)10-15;1-5-16(2,3)15(19)21-12-11-20-13-14(18)22-17(4)9-7-6-8-10-17/h15-18H,5-14H2,1-4H3;14-18H,4-13H2,1-3H3;5-13H2,1-4H3. The van der Waals surface area contributed by atoms with Crippen LogP contribution in [0, 0.1) is 64.1 Å². The zero-order valence-corrected chi connectivity index (χ0v) is 48.3. The van der Waals surface area contributed by atoms with Crippen molar-refractivity contribution in [2.24, 2.45) is 64.1 Å². The maximum Gasteiger partial charge on any atom is 0.332 e. The average Bonchev–Trinajstić information content (AvgIpc) is 3.37. The summed E-state index contributed by atoms with van der Waals surface area (Å²) < 4.78 is 49.2. The van der Waals surface area contributed by atoms with Crippen molar-refractivity contribution in [1.82, 2.24) is 0 Å². The molecule has 0 amide bonds. The second kappa shape index (κ2) is 28.5. The van der Waals surface area contributed by atoms with E-state index in [0.717, 1.165) is 81.5 Å². The molecule has 0 N–H and O–H groups in total. The molecule has 0 radical (unpaired) electrons. The van der Waals surface area contributed by atoms with Crippen molar-refractivity contribution < 1.29 is 71.4 Å². The van der Waals surface area contributed by atoms with Gasteiger partial charge in [0.2, 0.25) is 0 Å². The van der Waals surface area contributed by atoms with Gasteiger partial charge in [0, 0.05) is 0 Å². The molecular weight excluding hydrogens is 961 g/mol. The van der Waals surface area contributed by atoms with E-state index in [1.165, 1.54) is 70.6 Å². The van der Waals surface area contributed by atoms with Crippen LogP contribution in [-0.4, -0.2) is 112 Å². The third-order valence-corrected chi connectivity index (χ3v) is 19.0. The number of hydrogen-bond donors (Lipinski definition) is 0.